The molecule has 1 amide bonds. The van der Waals surface area contributed by atoms with Gasteiger partial charge in [-0.25, -0.2) is 4.79 Å². The van der Waals surface area contributed by atoms with Gasteiger partial charge in [0.2, 0.25) is 0 Å². The van der Waals surface area contributed by atoms with Gasteiger partial charge in [-0.05, 0) is 45.6 Å². The van der Waals surface area contributed by atoms with Crippen LogP contribution in [0.4, 0.5) is 4.79 Å². The first-order chi connectivity index (χ1) is 8.23. The Balaban J connectivity index is 2.30. The van der Waals surface area contributed by atoms with Crippen LogP contribution in [-0.4, -0.2) is 42.5 Å². The molecule has 1 heterocycles. The molecule has 0 aromatic carbocycles. The monoisotopic (exact) mass is 258 g/mol. The van der Waals surface area contributed by atoms with Crippen LogP contribution in [0.15, 0.2) is 0 Å². The van der Waals surface area contributed by atoms with Crippen LogP contribution in [0.5, 0.6) is 0 Å². The molecule has 1 aliphatic rings. The van der Waals surface area contributed by atoms with Gasteiger partial charge in [0, 0.05) is 13.1 Å². The quantitative estimate of drug-likeness (QED) is 0.713. The van der Waals surface area contributed by atoms with Crippen LogP contribution >= 0.6 is 0 Å². The van der Waals surface area contributed by atoms with Gasteiger partial charge in [0.25, 0.3) is 0 Å². The van der Waals surface area contributed by atoms with Crippen molar-refractivity contribution in [2.24, 2.45) is 5.41 Å². The Kier molecular flexibility index (Phi) is 4.99. The zero-order valence-electron chi connectivity index (χ0n) is 11.9. The van der Waals surface area contributed by atoms with E-state index in [4.69, 9.17) is 4.74 Å². The molecule has 0 aromatic rings. The molecule has 5 heteroatoms. The summed E-state index contributed by atoms with van der Waals surface area (Å²) in [6.07, 6.45) is 0.931. The number of piperidine rings is 1. The predicted octanol–water partition coefficient (Wildman–Crippen LogP) is 1.26. The molecule has 106 valence electrons. The number of rotatable bonds is 3. The van der Waals surface area contributed by atoms with E-state index in [1.165, 1.54) is 0 Å². The average molecular weight is 258 g/mol. The van der Waals surface area contributed by atoms with Crippen LogP contribution in [0.2, 0.25) is 0 Å². The maximum Gasteiger partial charge on any atom is 0.407 e. The number of aliphatic hydroxyl groups is 1. The molecular formula is C13H26N2O3. The molecule has 0 bridgehead atoms. The van der Waals surface area contributed by atoms with E-state index < -0.39 is 11.7 Å². The largest absolute Gasteiger partial charge is 0.444 e. The number of carbonyl (C=O) groups is 1. The summed E-state index contributed by atoms with van der Waals surface area (Å²) in [6.45, 7) is 9.65. The molecule has 0 spiro atoms. The summed E-state index contributed by atoms with van der Waals surface area (Å²) in [4.78, 5) is 11.5. The number of amides is 1. The number of ether oxygens (including phenoxy) is 1. The van der Waals surface area contributed by atoms with Crippen molar-refractivity contribution in [1.82, 2.24) is 10.6 Å². The maximum atomic E-state index is 11.5. The van der Waals surface area contributed by atoms with Crippen molar-refractivity contribution < 1.29 is 14.6 Å². The summed E-state index contributed by atoms with van der Waals surface area (Å²) < 4.78 is 5.16. The standard InChI is InChI=1S/C13H26N2O3/c1-12(2,3)18-11(17)15-8-6-13(4)5-7-14-9-10(13)16/h10,14,16H,5-9H2,1-4H3,(H,15,17)/t10-,13-/m0/s1. The van der Waals surface area contributed by atoms with Gasteiger partial charge in [-0.15, -0.1) is 0 Å². The number of hydrogen-bond acceptors (Lipinski definition) is 4. The molecule has 2 atom stereocenters. The lowest BCUT2D eigenvalue weighted by atomic mass is 9.76. The van der Waals surface area contributed by atoms with Gasteiger partial charge in [0.15, 0.2) is 0 Å². The summed E-state index contributed by atoms with van der Waals surface area (Å²) in [7, 11) is 0. The van der Waals surface area contributed by atoms with Crippen molar-refractivity contribution in [2.45, 2.75) is 52.2 Å². The number of nitrogens with one attached hydrogen (secondary N) is 2. The summed E-state index contributed by atoms with van der Waals surface area (Å²) in [5, 5.41) is 15.9. The van der Waals surface area contributed by atoms with Gasteiger partial charge >= 0.3 is 6.09 Å². The fourth-order valence-electron chi connectivity index (χ4n) is 2.08. The third-order valence-corrected chi connectivity index (χ3v) is 3.38. The molecule has 1 fully saturated rings. The maximum absolute atomic E-state index is 11.5. The molecule has 0 unspecified atom stereocenters. The Morgan fingerprint density at radius 1 is 1.56 bits per heavy atom. The topological polar surface area (TPSA) is 70.6 Å². The SMILES string of the molecule is CC(C)(C)OC(=O)NCC[C@]1(C)CCNC[C@@H]1O. The van der Waals surface area contributed by atoms with Crippen molar-refractivity contribution in [3.63, 3.8) is 0 Å². The molecule has 3 N–H and O–H groups in total. The molecule has 0 radical (unpaired) electrons. The van der Waals surface area contributed by atoms with Crippen LogP contribution in [0, 0.1) is 5.41 Å². The first kappa shape index (κ1) is 15.2. The lowest BCUT2D eigenvalue weighted by Crippen LogP contribution is -2.48. The first-order valence-electron chi connectivity index (χ1n) is 6.59. The number of hydrogen-bond donors (Lipinski definition) is 3. The molecule has 5 nitrogen and oxygen atoms in total. The molecule has 1 saturated heterocycles. The third-order valence-electron chi connectivity index (χ3n) is 3.38. The summed E-state index contributed by atoms with van der Waals surface area (Å²) >= 11 is 0. The summed E-state index contributed by atoms with van der Waals surface area (Å²) in [6, 6.07) is 0. The van der Waals surface area contributed by atoms with Crippen LogP contribution in [0.3, 0.4) is 0 Å². The molecule has 1 aliphatic heterocycles. The molecule has 18 heavy (non-hydrogen) atoms. The van der Waals surface area contributed by atoms with Crippen LogP contribution < -0.4 is 10.6 Å². The van der Waals surface area contributed by atoms with Crippen LogP contribution in [0.1, 0.15) is 40.5 Å². The van der Waals surface area contributed by atoms with Crippen molar-refractivity contribution >= 4 is 6.09 Å². The fraction of sp³-hybridized carbons (Fsp3) is 0.923. The van der Waals surface area contributed by atoms with Gasteiger partial charge in [0.1, 0.15) is 5.60 Å². The van der Waals surface area contributed by atoms with E-state index in [-0.39, 0.29) is 11.5 Å². The van der Waals surface area contributed by atoms with E-state index in [9.17, 15) is 9.90 Å². The number of β-amino-alcohol motifs (C(OH)–C–C–N with tert-alkyl or cyclic N) is 1. The van der Waals surface area contributed by atoms with Gasteiger partial charge < -0.3 is 20.5 Å². The fourth-order valence-corrected chi connectivity index (χ4v) is 2.08. The average Bonchev–Trinajstić information content (AvgIpc) is 2.20. The Bertz CT molecular complexity index is 288. The molecule has 0 aliphatic carbocycles. The van der Waals surface area contributed by atoms with Crippen LogP contribution in [-0.2, 0) is 4.74 Å². The molecule has 0 saturated carbocycles. The van der Waals surface area contributed by atoms with Gasteiger partial charge in [-0.2, -0.15) is 0 Å². The lowest BCUT2D eigenvalue weighted by Gasteiger charge is -2.39. The van der Waals surface area contributed by atoms with Gasteiger partial charge in [0.05, 0.1) is 6.10 Å². The Hall–Kier alpha value is -0.810. The second-order valence-electron chi connectivity index (χ2n) is 6.30. The van der Waals surface area contributed by atoms with Gasteiger partial charge in [-0.3, -0.25) is 0 Å². The Morgan fingerprint density at radius 3 is 2.78 bits per heavy atom. The second kappa shape index (κ2) is 5.89. The van der Waals surface area contributed by atoms with E-state index in [0.717, 1.165) is 19.4 Å². The number of alkyl carbamates (subject to hydrolysis) is 1. The zero-order valence-corrected chi connectivity index (χ0v) is 11.9. The van der Waals surface area contributed by atoms with Gasteiger partial charge in [-0.1, -0.05) is 6.92 Å². The predicted molar refractivity (Wildman–Crippen MR) is 70.5 cm³/mol. The highest BCUT2D eigenvalue weighted by molar-refractivity contribution is 5.67. The minimum Gasteiger partial charge on any atom is -0.444 e. The molecular weight excluding hydrogens is 232 g/mol. The summed E-state index contributed by atoms with van der Waals surface area (Å²) in [5.41, 5.74) is -0.595. The number of carbonyl (C=O) groups excluding carboxylic acids is 1. The lowest BCUT2D eigenvalue weighted by molar-refractivity contribution is 0.00499. The minimum absolute atomic E-state index is 0.125. The van der Waals surface area contributed by atoms with Crippen molar-refractivity contribution in [3.8, 4) is 0 Å². The minimum atomic E-state index is -0.470. The van der Waals surface area contributed by atoms with E-state index in [0.29, 0.717) is 13.1 Å². The van der Waals surface area contributed by atoms with Crippen LogP contribution in [0.25, 0.3) is 0 Å². The van der Waals surface area contributed by atoms with E-state index in [1.54, 1.807) is 0 Å². The molecule has 1 rings (SSSR count). The van der Waals surface area contributed by atoms with E-state index in [2.05, 4.69) is 17.6 Å². The zero-order chi connectivity index (χ0) is 13.8. The Morgan fingerprint density at radius 2 is 2.22 bits per heavy atom. The highest BCUT2D eigenvalue weighted by Crippen LogP contribution is 2.31. The van der Waals surface area contributed by atoms with E-state index >= 15 is 0 Å². The normalized spacial score (nSPS) is 28.8. The summed E-state index contributed by atoms with van der Waals surface area (Å²) in [5.74, 6) is 0. The van der Waals surface area contributed by atoms with Crippen molar-refractivity contribution in [1.29, 1.82) is 0 Å². The van der Waals surface area contributed by atoms with Crippen molar-refractivity contribution in [3.05, 3.63) is 0 Å². The second-order valence-corrected chi connectivity index (χ2v) is 6.30. The number of aliphatic hydroxyl groups excluding tert-OH is 1. The van der Waals surface area contributed by atoms with Crippen molar-refractivity contribution in [2.75, 3.05) is 19.6 Å². The third kappa shape index (κ3) is 4.82. The highest BCUT2D eigenvalue weighted by Gasteiger charge is 2.34. The molecule has 0 aromatic heterocycles. The first-order valence-corrected chi connectivity index (χ1v) is 6.59. The Labute approximate surface area is 109 Å². The smallest absolute Gasteiger partial charge is 0.407 e. The van der Waals surface area contributed by atoms with E-state index in [1.807, 2.05) is 20.8 Å². The highest BCUT2D eigenvalue weighted by atomic mass is 16.6.